The summed E-state index contributed by atoms with van der Waals surface area (Å²) in [5.74, 6) is 1.17. The van der Waals surface area contributed by atoms with Crippen LogP contribution in [0, 0.1) is 0 Å². The monoisotopic (exact) mass is 236 g/mol. The maximum absolute atomic E-state index is 5.80. The van der Waals surface area contributed by atoms with Gasteiger partial charge in [-0.1, -0.05) is 20.8 Å². The van der Waals surface area contributed by atoms with Gasteiger partial charge in [-0.25, -0.2) is 4.98 Å². The Hall–Kier alpha value is -1.09. The Morgan fingerprint density at radius 2 is 2.00 bits per heavy atom. The summed E-state index contributed by atoms with van der Waals surface area (Å²) in [6.07, 6.45) is 1.21. The van der Waals surface area contributed by atoms with Crippen molar-refractivity contribution in [1.82, 2.24) is 10.3 Å². The van der Waals surface area contributed by atoms with Crippen LogP contribution in [-0.2, 0) is 6.54 Å². The van der Waals surface area contributed by atoms with Crippen molar-refractivity contribution in [3.05, 3.63) is 23.4 Å². The fourth-order valence-electron chi connectivity index (χ4n) is 1.53. The van der Waals surface area contributed by atoms with E-state index in [4.69, 9.17) is 4.74 Å². The zero-order valence-electron chi connectivity index (χ0n) is 11.6. The number of ether oxygens (including phenoxy) is 1. The van der Waals surface area contributed by atoms with Crippen LogP contribution < -0.4 is 10.1 Å². The van der Waals surface area contributed by atoms with Crippen molar-refractivity contribution in [2.75, 3.05) is 7.05 Å². The first-order valence-corrected chi connectivity index (χ1v) is 6.38. The highest BCUT2D eigenvalue weighted by molar-refractivity contribution is 5.26. The highest BCUT2D eigenvalue weighted by atomic mass is 16.5. The van der Waals surface area contributed by atoms with Crippen LogP contribution in [0.4, 0.5) is 0 Å². The van der Waals surface area contributed by atoms with Crippen molar-refractivity contribution in [3.8, 4) is 5.88 Å². The molecule has 1 unspecified atom stereocenters. The Morgan fingerprint density at radius 3 is 2.53 bits per heavy atom. The maximum atomic E-state index is 5.80. The van der Waals surface area contributed by atoms with E-state index in [1.54, 1.807) is 0 Å². The van der Waals surface area contributed by atoms with Gasteiger partial charge in [0.2, 0.25) is 5.88 Å². The minimum Gasteiger partial charge on any atom is -0.475 e. The maximum Gasteiger partial charge on any atom is 0.214 e. The molecule has 0 saturated carbocycles. The number of hydrogen-bond acceptors (Lipinski definition) is 3. The Balaban J connectivity index is 2.94. The molecule has 3 nitrogen and oxygen atoms in total. The number of aromatic nitrogens is 1. The molecule has 0 aliphatic heterocycles. The molecule has 1 atom stereocenters. The van der Waals surface area contributed by atoms with Gasteiger partial charge in [-0.15, -0.1) is 0 Å². The molecule has 0 amide bonds. The second kappa shape index (κ2) is 6.60. The normalized spacial score (nSPS) is 12.8. The second-order valence-electron chi connectivity index (χ2n) is 4.76. The van der Waals surface area contributed by atoms with Gasteiger partial charge in [0.15, 0.2) is 0 Å². The first-order chi connectivity index (χ1) is 8.06. The zero-order valence-corrected chi connectivity index (χ0v) is 11.6. The Morgan fingerprint density at radius 1 is 1.29 bits per heavy atom. The van der Waals surface area contributed by atoms with E-state index in [1.807, 2.05) is 13.1 Å². The van der Waals surface area contributed by atoms with Crippen molar-refractivity contribution in [2.24, 2.45) is 0 Å². The third-order valence-electron chi connectivity index (χ3n) is 2.75. The predicted molar refractivity (Wildman–Crippen MR) is 71.5 cm³/mol. The topological polar surface area (TPSA) is 34.1 Å². The summed E-state index contributed by atoms with van der Waals surface area (Å²) in [5.41, 5.74) is 2.32. The molecule has 96 valence electrons. The van der Waals surface area contributed by atoms with Crippen LogP contribution in [0.15, 0.2) is 12.1 Å². The van der Waals surface area contributed by atoms with E-state index in [-0.39, 0.29) is 6.10 Å². The van der Waals surface area contributed by atoms with Crippen LogP contribution >= 0.6 is 0 Å². The number of nitrogens with zero attached hydrogens (tertiary/aromatic N) is 1. The van der Waals surface area contributed by atoms with Gasteiger partial charge in [-0.2, -0.15) is 0 Å². The fraction of sp³-hybridized carbons (Fsp3) is 0.643. The molecule has 0 spiro atoms. The van der Waals surface area contributed by atoms with Crippen LogP contribution in [0.25, 0.3) is 0 Å². The summed E-state index contributed by atoms with van der Waals surface area (Å²) in [4.78, 5) is 4.55. The van der Waals surface area contributed by atoms with Gasteiger partial charge in [0, 0.05) is 18.3 Å². The fourth-order valence-corrected chi connectivity index (χ4v) is 1.53. The van der Waals surface area contributed by atoms with Gasteiger partial charge >= 0.3 is 0 Å². The molecule has 0 aromatic carbocycles. The Kier molecular flexibility index (Phi) is 5.42. The summed E-state index contributed by atoms with van der Waals surface area (Å²) in [6, 6.07) is 4.17. The van der Waals surface area contributed by atoms with Gasteiger partial charge in [-0.05, 0) is 37.9 Å². The van der Waals surface area contributed by atoms with Crippen molar-refractivity contribution in [3.63, 3.8) is 0 Å². The quantitative estimate of drug-likeness (QED) is 0.824. The number of hydrogen-bond donors (Lipinski definition) is 1. The van der Waals surface area contributed by atoms with Crippen LogP contribution in [0.1, 0.15) is 51.3 Å². The van der Waals surface area contributed by atoms with Crippen LogP contribution in [0.3, 0.4) is 0 Å². The van der Waals surface area contributed by atoms with E-state index in [2.05, 4.69) is 44.1 Å². The van der Waals surface area contributed by atoms with E-state index in [9.17, 15) is 0 Å². The third kappa shape index (κ3) is 4.35. The summed E-state index contributed by atoms with van der Waals surface area (Å²) >= 11 is 0. The molecule has 1 N–H and O–H groups in total. The lowest BCUT2D eigenvalue weighted by molar-refractivity contribution is 0.207. The molecule has 0 aliphatic rings. The van der Waals surface area contributed by atoms with Gasteiger partial charge in [0.1, 0.15) is 0 Å². The predicted octanol–water partition coefficient (Wildman–Crippen LogP) is 3.10. The SMILES string of the molecule is CCC(C)Oc1cc(CNC)cc(C(C)C)n1. The molecular formula is C14H24N2O. The molecule has 1 rings (SSSR count). The molecule has 0 radical (unpaired) electrons. The molecule has 3 heteroatoms. The lowest BCUT2D eigenvalue weighted by Gasteiger charge is -2.15. The highest BCUT2D eigenvalue weighted by Gasteiger charge is 2.09. The molecule has 0 saturated heterocycles. The summed E-state index contributed by atoms with van der Waals surface area (Å²) in [7, 11) is 1.95. The van der Waals surface area contributed by atoms with Crippen LogP contribution in [0.2, 0.25) is 0 Å². The lowest BCUT2D eigenvalue weighted by atomic mass is 10.1. The van der Waals surface area contributed by atoms with E-state index in [0.29, 0.717) is 5.92 Å². The van der Waals surface area contributed by atoms with E-state index < -0.39 is 0 Å². The van der Waals surface area contributed by atoms with Crippen LogP contribution in [-0.4, -0.2) is 18.1 Å². The molecule has 0 bridgehead atoms. The standard InChI is InChI=1S/C14H24N2O/c1-6-11(4)17-14-8-12(9-15-5)7-13(16-14)10(2)3/h7-8,10-11,15H,6,9H2,1-5H3. The molecule has 1 heterocycles. The van der Waals surface area contributed by atoms with Gasteiger partial charge < -0.3 is 10.1 Å². The van der Waals surface area contributed by atoms with E-state index >= 15 is 0 Å². The average Bonchev–Trinajstić information content (AvgIpc) is 2.29. The number of nitrogens with one attached hydrogen (secondary N) is 1. The Bertz CT molecular complexity index is 350. The lowest BCUT2D eigenvalue weighted by Crippen LogP contribution is -2.13. The first-order valence-electron chi connectivity index (χ1n) is 6.38. The highest BCUT2D eigenvalue weighted by Crippen LogP contribution is 2.20. The third-order valence-corrected chi connectivity index (χ3v) is 2.75. The van der Waals surface area contributed by atoms with Crippen molar-refractivity contribution in [1.29, 1.82) is 0 Å². The second-order valence-corrected chi connectivity index (χ2v) is 4.76. The molecule has 1 aromatic heterocycles. The van der Waals surface area contributed by atoms with Crippen molar-refractivity contribution in [2.45, 2.75) is 52.7 Å². The van der Waals surface area contributed by atoms with Crippen molar-refractivity contribution >= 4 is 0 Å². The van der Waals surface area contributed by atoms with E-state index in [0.717, 1.165) is 24.5 Å². The van der Waals surface area contributed by atoms with E-state index in [1.165, 1.54) is 5.56 Å². The first kappa shape index (κ1) is 14.0. The molecule has 17 heavy (non-hydrogen) atoms. The summed E-state index contributed by atoms with van der Waals surface area (Å²) in [6.45, 7) is 9.34. The zero-order chi connectivity index (χ0) is 12.8. The van der Waals surface area contributed by atoms with Gasteiger partial charge in [0.25, 0.3) is 0 Å². The molecular weight excluding hydrogens is 212 g/mol. The minimum absolute atomic E-state index is 0.215. The van der Waals surface area contributed by atoms with Crippen LogP contribution in [0.5, 0.6) is 5.88 Å². The molecule has 1 aromatic rings. The van der Waals surface area contributed by atoms with Gasteiger partial charge in [-0.3, -0.25) is 0 Å². The smallest absolute Gasteiger partial charge is 0.214 e. The average molecular weight is 236 g/mol. The van der Waals surface area contributed by atoms with Crippen molar-refractivity contribution < 1.29 is 4.74 Å². The largest absolute Gasteiger partial charge is 0.475 e. The molecule has 0 fully saturated rings. The minimum atomic E-state index is 0.215. The number of rotatable bonds is 6. The number of pyridine rings is 1. The Labute approximate surface area is 105 Å². The van der Waals surface area contributed by atoms with Gasteiger partial charge in [0.05, 0.1) is 6.10 Å². The summed E-state index contributed by atoms with van der Waals surface area (Å²) in [5, 5.41) is 3.16. The summed E-state index contributed by atoms with van der Waals surface area (Å²) < 4.78 is 5.80. The molecule has 0 aliphatic carbocycles.